The third-order valence-electron chi connectivity index (χ3n) is 6.15. The fourth-order valence-electron chi connectivity index (χ4n) is 4.55. The molecular formula is C27H37N3O4S. The van der Waals surface area contributed by atoms with Gasteiger partial charge < -0.3 is 14.4 Å². The summed E-state index contributed by atoms with van der Waals surface area (Å²) in [7, 11) is -3.70. The van der Waals surface area contributed by atoms with E-state index in [9.17, 15) is 8.42 Å². The van der Waals surface area contributed by atoms with Crippen molar-refractivity contribution in [1.29, 1.82) is 0 Å². The minimum absolute atomic E-state index is 0.221. The first-order valence-electron chi connectivity index (χ1n) is 12.6. The summed E-state index contributed by atoms with van der Waals surface area (Å²) in [5, 5.41) is 0. The maximum absolute atomic E-state index is 14.0. The van der Waals surface area contributed by atoms with E-state index in [2.05, 4.69) is 37.6 Å². The normalized spacial score (nSPS) is 16.3. The molecule has 0 saturated carbocycles. The van der Waals surface area contributed by atoms with Gasteiger partial charge in [-0.25, -0.2) is 8.42 Å². The monoisotopic (exact) mass is 499 g/mol. The van der Waals surface area contributed by atoms with Gasteiger partial charge in [-0.1, -0.05) is 27.7 Å². The molecule has 0 bridgehead atoms. The quantitative estimate of drug-likeness (QED) is 0.429. The van der Waals surface area contributed by atoms with Gasteiger partial charge in [0.1, 0.15) is 4.90 Å². The van der Waals surface area contributed by atoms with E-state index in [4.69, 9.17) is 9.47 Å². The van der Waals surface area contributed by atoms with Crippen molar-refractivity contribution in [2.75, 3.05) is 37.9 Å². The average molecular weight is 500 g/mol. The van der Waals surface area contributed by atoms with E-state index in [1.807, 2.05) is 30.3 Å². The Morgan fingerprint density at radius 1 is 0.943 bits per heavy atom. The standard InChI is InChI=1S/C27H37N3O4S/c1-20(2)17-30(18-21(3)4)35(31,32)27-15-23(9-10-24(27)29-12-6-5-7-13-29)28-16-22-8-11-25-26(14-22)34-19-33-25/h8-11,14-16,20-21H,5-7,12-13,17-19H2,1-4H3. The molecular weight excluding hydrogens is 462 g/mol. The molecule has 0 aromatic heterocycles. The third kappa shape index (κ3) is 6.16. The lowest BCUT2D eigenvalue weighted by Gasteiger charge is -2.32. The van der Waals surface area contributed by atoms with Gasteiger partial charge >= 0.3 is 0 Å². The fourth-order valence-corrected chi connectivity index (χ4v) is 6.55. The first-order chi connectivity index (χ1) is 16.7. The number of ether oxygens (including phenoxy) is 2. The van der Waals surface area contributed by atoms with E-state index in [1.54, 1.807) is 16.6 Å². The van der Waals surface area contributed by atoms with Gasteiger partial charge in [0.15, 0.2) is 11.5 Å². The molecule has 2 aliphatic rings. The molecule has 1 fully saturated rings. The highest BCUT2D eigenvalue weighted by Crippen LogP contribution is 2.35. The molecule has 8 heteroatoms. The largest absolute Gasteiger partial charge is 0.454 e. The van der Waals surface area contributed by atoms with Gasteiger partial charge in [-0.3, -0.25) is 4.99 Å². The minimum atomic E-state index is -3.70. The van der Waals surface area contributed by atoms with Gasteiger partial charge in [0.05, 0.1) is 11.4 Å². The van der Waals surface area contributed by atoms with Gasteiger partial charge in [-0.2, -0.15) is 4.31 Å². The van der Waals surface area contributed by atoms with Crippen LogP contribution in [0.5, 0.6) is 11.5 Å². The van der Waals surface area contributed by atoms with Crippen LogP contribution in [0.25, 0.3) is 0 Å². The molecule has 4 rings (SSSR count). The van der Waals surface area contributed by atoms with Crippen molar-refractivity contribution in [3.63, 3.8) is 0 Å². The summed E-state index contributed by atoms with van der Waals surface area (Å²) in [4.78, 5) is 7.18. The highest BCUT2D eigenvalue weighted by Gasteiger charge is 2.30. The third-order valence-corrected chi connectivity index (χ3v) is 8.02. The SMILES string of the molecule is CC(C)CN(CC(C)C)S(=O)(=O)c1cc(N=Cc2ccc3c(c2)OCO3)ccc1N1CCCCC1. The summed E-state index contributed by atoms with van der Waals surface area (Å²) in [5.74, 6) is 1.87. The smallest absolute Gasteiger partial charge is 0.245 e. The highest BCUT2D eigenvalue weighted by atomic mass is 32.2. The van der Waals surface area contributed by atoms with E-state index in [0.717, 1.165) is 42.9 Å². The molecule has 0 N–H and O–H groups in total. The van der Waals surface area contributed by atoms with Crippen LogP contribution in [0.3, 0.4) is 0 Å². The van der Waals surface area contributed by atoms with Gasteiger partial charge in [0, 0.05) is 32.4 Å². The number of benzene rings is 2. The Balaban J connectivity index is 1.71. The molecule has 0 unspecified atom stereocenters. The molecule has 2 aromatic carbocycles. The molecule has 2 heterocycles. The minimum Gasteiger partial charge on any atom is -0.454 e. The zero-order valence-electron chi connectivity index (χ0n) is 21.2. The number of nitrogens with zero attached hydrogens (tertiary/aromatic N) is 3. The Bertz CT molecular complexity index is 1150. The van der Waals surface area contributed by atoms with E-state index < -0.39 is 10.0 Å². The summed E-state index contributed by atoms with van der Waals surface area (Å²) < 4.78 is 40.6. The Labute approximate surface area is 209 Å². The van der Waals surface area contributed by atoms with Gasteiger partial charge in [-0.15, -0.1) is 0 Å². The van der Waals surface area contributed by atoms with Gasteiger partial charge in [-0.05, 0) is 73.1 Å². The second-order valence-corrected chi connectivity index (χ2v) is 12.1. The van der Waals surface area contributed by atoms with Crippen LogP contribution in [0.2, 0.25) is 0 Å². The maximum Gasteiger partial charge on any atom is 0.245 e. The predicted octanol–water partition coefficient (Wildman–Crippen LogP) is 5.46. The summed E-state index contributed by atoms with van der Waals surface area (Å²) in [6.07, 6.45) is 5.06. The number of hydrogen-bond acceptors (Lipinski definition) is 6. The van der Waals surface area contributed by atoms with Crippen LogP contribution in [0.15, 0.2) is 46.3 Å². The Hall–Kier alpha value is -2.58. The molecule has 190 valence electrons. The zero-order chi connectivity index (χ0) is 25.0. The number of piperidine rings is 1. The lowest BCUT2D eigenvalue weighted by atomic mass is 10.1. The van der Waals surface area contributed by atoms with Crippen molar-refractivity contribution in [2.24, 2.45) is 16.8 Å². The second kappa shape index (κ2) is 11.0. The first-order valence-corrected chi connectivity index (χ1v) is 14.0. The van der Waals surface area contributed by atoms with E-state index in [1.165, 1.54) is 6.42 Å². The topological polar surface area (TPSA) is 71.4 Å². The van der Waals surface area contributed by atoms with Crippen LogP contribution >= 0.6 is 0 Å². The average Bonchev–Trinajstić information content (AvgIpc) is 3.30. The van der Waals surface area contributed by atoms with Crippen LogP contribution in [0, 0.1) is 11.8 Å². The van der Waals surface area contributed by atoms with Gasteiger partial charge in [0.25, 0.3) is 0 Å². The van der Waals surface area contributed by atoms with Crippen molar-refractivity contribution in [1.82, 2.24) is 4.31 Å². The van der Waals surface area contributed by atoms with Crippen LogP contribution in [-0.4, -0.2) is 51.9 Å². The molecule has 1 saturated heterocycles. The predicted molar refractivity (Wildman–Crippen MR) is 141 cm³/mol. The zero-order valence-corrected chi connectivity index (χ0v) is 22.1. The second-order valence-electron chi connectivity index (χ2n) is 10.2. The van der Waals surface area contributed by atoms with Crippen LogP contribution in [-0.2, 0) is 10.0 Å². The summed E-state index contributed by atoms with van der Waals surface area (Å²) in [6, 6.07) is 11.2. The van der Waals surface area contributed by atoms with Crippen molar-refractivity contribution < 1.29 is 17.9 Å². The van der Waals surface area contributed by atoms with Crippen molar-refractivity contribution in [3.8, 4) is 11.5 Å². The Morgan fingerprint density at radius 3 is 2.31 bits per heavy atom. The molecule has 0 aliphatic carbocycles. The van der Waals surface area contributed by atoms with Crippen molar-refractivity contribution in [2.45, 2.75) is 51.9 Å². The van der Waals surface area contributed by atoms with E-state index >= 15 is 0 Å². The van der Waals surface area contributed by atoms with Crippen molar-refractivity contribution in [3.05, 3.63) is 42.0 Å². The van der Waals surface area contributed by atoms with Crippen LogP contribution in [0.1, 0.15) is 52.5 Å². The lowest BCUT2D eigenvalue weighted by molar-refractivity contribution is 0.174. The molecule has 2 aromatic rings. The van der Waals surface area contributed by atoms with Crippen LogP contribution in [0.4, 0.5) is 11.4 Å². The molecule has 0 radical (unpaired) electrons. The van der Waals surface area contributed by atoms with Crippen molar-refractivity contribution >= 4 is 27.6 Å². The number of rotatable bonds is 9. The molecule has 2 aliphatic heterocycles. The van der Waals surface area contributed by atoms with Gasteiger partial charge in [0.2, 0.25) is 16.8 Å². The summed E-state index contributed by atoms with van der Waals surface area (Å²) in [6.45, 7) is 11.2. The number of sulfonamides is 1. The number of anilines is 1. The van der Waals surface area contributed by atoms with E-state index in [-0.39, 0.29) is 18.6 Å². The maximum atomic E-state index is 14.0. The summed E-state index contributed by atoms with van der Waals surface area (Å²) in [5.41, 5.74) is 2.25. The van der Waals surface area contributed by atoms with Crippen LogP contribution < -0.4 is 14.4 Å². The molecule has 7 nitrogen and oxygen atoms in total. The Kier molecular flexibility index (Phi) is 8.02. The fraction of sp³-hybridized carbons (Fsp3) is 0.519. The number of fused-ring (bicyclic) bond motifs is 1. The number of hydrogen-bond donors (Lipinski definition) is 0. The molecule has 0 atom stereocenters. The molecule has 35 heavy (non-hydrogen) atoms. The number of aliphatic imine (C=N–C) groups is 1. The first kappa shape index (κ1) is 25.5. The molecule has 0 amide bonds. The van der Waals surface area contributed by atoms with E-state index in [0.29, 0.717) is 29.4 Å². The molecule has 0 spiro atoms. The summed E-state index contributed by atoms with van der Waals surface area (Å²) >= 11 is 0. The Morgan fingerprint density at radius 2 is 1.63 bits per heavy atom. The highest BCUT2D eigenvalue weighted by molar-refractivity contribution is 7.89. The lowest BCUT2D eigenvalue weighted by Crippen LogP contribution is -2.38.